The third-order valence-electron chi connectivity index (χ3n) is 6.76. The van der Waals surface area contributed by atoms with E-state index in [2.05, 4.69) is 25.6 Å². The smallest absolute Gasteiger partial charge is 0.252 e. The number of nitrogens with one attached hydrogen (secondary N) is 2. The fraction of sp³-hybridized carbons (Fsp3) is 0.706. The SMILES string of the molecule is BC1(B)CCC(c2nc(NC3CC(F)(F)C3)nc(NC3CC(F)(F)C3)n2)=C(F)[C@@]1(B)O. The quantitative estimate of drug-likeness (QED) is 0.456. The molecule has 3 N–H and O–H groups in total. The normalized spacial score (nSPS) is 29.7. The van der Waals surface area contributed by atoms with E-state index in [0.29, 0.717) is 6.42 Å². The van der Waals surface area contributed by atoms with Crippen LogP contribution < -0.4 is 10.6 Å². The molecular formula is C17H23B3F5N5O. The Hall–Kier alpha value is -1.85. The van der Waals surface area contributed by atoms with Crippen molar-refractivity contribution in [2.45, 2.75) is 73.2 Å². The van der Waals surface area contributed by atoms with Crippen LogP contribution in [0.3, 0.4) is 0 Å². The maximum Gasteiger partial charge on any atom is 0.252 e. The van der Waals surface area contributed by atoms with Crippen LogP contribution in [0, 0.1) is 0 Å². The summed E-state index contributed by atoms with van der Waals surface area (Å²) in [7, 11) is 4.89. The maximum atomic E-state index is 15.2. The minimum atomic E-state index is -2.76. The topological polar surface area (TPSA) is 83.0 Å². The van der Waals surface area contributed by atoms with E-state index in [-0.39, 0.29) is 55.4 Å². The van der Waals surface area contributed by atoms with E-state index in [1.165, 1.54) is 7.85 Å². The van der Waals surface area contributed by atoms with Crippen LogP contribution in [0.4, 0.5) is 33.8 Å². The van der Waals surface area contributed by atoms with Crippen LogP contribution in [0.2, 0.25) is 5.21 Å². The van der Waals surface area contributed by atoms with Gasteiger partial charge in [-0.1, -0.05) is 11.6 Å². The molecule has 166 valence electrons. The Morgan fingerprint density at radius 3 is 1.71 bits per heavy atom. The van der Waals surface area contributed by atoms with Crippen molar-refractivity contribution in [3.05, 3.63) is 11.7 Å². The monoisotopic (exact) mass is 441 g/mol. The summed E-state index contributed by atoms with van der Waals surface area (Å²) in [6.45, 7) is 0. The number of alkyl halides is 4. The number of aromatic nitrogens is 3. The molecule has 0 saturated heterocycles. The highest BCUT2D eigenvalue weighted by atomic mass is 19.3. The van der Waals surface area contributed by atoms with Crippen LogP contribution in [-0.4, -0.2) is 73.0 Å². The van der Waals surface area contributed by atoms with Gasteiger partial charge in [-0.25, -0.2) is 22.0 Å². The predicted octanol–water partition coefficient (Wildman–Crippen LogP) is 0.469. The van der Waals surface area contributed by atoms with Crippen molar-refractivity contribution in [2.24, 2.45) is 0 Å². The van der Waals surface area contributed by atoms with Gasteiger partial charge in [-0.2, -0.15) is 15.0 Å². The summed E-state index contributed by atoms with van der Waals surface area (Å²) < 4.78 is 68.0. The number of halogens is 5. The number of allylic oxidation sites excluding steroid dienone is 1. The van der Waals surface area contributed by atoms with E-state index in [9.17, 15) is 22.7 Å². The van der Waals surface area contributed by atoms with Gasteiger partial charge in [0.1, 0.15) is 21.5 Å². The van der Waals surface area contributed by atoms with Crippen molar-refractivity contribution < 1.29 is 27.1 Å². The first-order valence-corrected chi connectivity index (χ1v) is 10.3. The fourth-order valence-electron chi connectivity index (χ4n) is 4.12. The van der Waals surface area contributed by atoms with Crippen molar-refractivity contribution in [1.29, 1.82) is 0 Å². The molecule has 6 nitrogen and oxygen atoms in total. The maximum absolute atomic E-state index is 15.2. The summed E-state index contributed by atoms with van der Waals surface area (Å²) in [5.74, 6) is -6.40. The first-order chi connectivity index (χ1) is 14.2. The first kappa shape index (κ1) is 22.4. The highest BCUT2D eigenvalue weighted by molar-refractivity contribution is 6.45. The van der Waals surface area contributed by atoms with Crippen LogP contribution in [0.25, 0.3) is 5.57 Å². The van der Waals surface area contributed by atoms with Crippen molar-refractivity contribution in [3.8, 4) is 0 Å². The second-order valence-corrected chi connectivity index (χ2v) is 9.77. The number of hydrogen-bond donors (Lipinski definition) is 3. The lowest BCUT2D eigenvalue weighted by Crippen LogP contribution is -2.48. The van der Waals surface area contributed by atoms with E-state index in [4.69, 9.17) is 0 Å². The molecule has 14 heteroatoms. The number of nitrogens with zero attached hydrogens (tertiary/aromatic N) is 3. The van der Waals surface area contributed by atoms with Crippen LogP contribution >= 0.6 is 0 Å². The molecule has 0 radical (unpaired) electrons. The fourth-order valence-corrected chi connectivity index (χ4v) is 4.12. The molecule has 4 rings (SSSR count). The van der Waals surface area contributed by atoms with Gasteiger partial charge in [-0.15, -0.1) is 0 Å². The number of anilines is 2. The third kappa shape index (κ3) is 4.27. The van der Waals surface area contributed by atoms with Crippen molar-refractivity contribution in [3.63, 3.8) is 0 Å². The molecule has 0 bridgehead atoms. The Morgan fingerprint density at radius 1 is 0.839 bits per heavy atom. The molecule has 1 aromatic rings. The van der Waals surface area contributed by atoms with E-state index < -0.39 is 40.5 Å². The summed E-state index contributed by atoms with van der Waals surface area (Å²) >= 11 is 0. The van der Waals surface area contributed by atoms with Crippen molar-refractivity contribution in [1.82, 2.24) is 15.0 Å². The van der Waals surface area contributed by atoms with Crippen molar-refractivity contribution in [2.75, 3.05) is 10.6 Å². The molecule has 0 amide bonds. The molecule has 1 atom stereocenters. The second-order valence-electron chi connectivity index (χ2n) is 9.77. The summed E-state index contributed by atoms with van der Waals surface area (Å²) in [5, 5.41) is 15.6. The van der Waals surface area contributed by atoms with Gasteiger partial charge in [-0.3, -0.25) is 0 Å². The summed E-state index contributed by atoms with van der Waals surface area (Å²) in [4.78, 5) is 12.5. The first-order valence-electron chi connectivity index (χ1n) is 10.3. The summed E-state index contributed by atoms with van der Waals surface area (Å²) in [6.07, 6.45) is -0.821. The van der Waals surface area contributed by atoms with Gasteiger partial charge in [0, 0.05) is 43.3 Å². The predicted molar refractivity (Wildman–Crippen MR) is 114 cm³/mol. The Balaban J connectivity index is 1.64. The highest BCUT2D eigenvalue weighted by Crippen LogP contribution is 2.49. The molecule has 0 aliphatic heterocycles. The highest BCUT2D eigenvalue weighted by Gasteiger charge is 2.48. The molecule has 1 heterocycles. The minimum Gasteiger partial charge on any atom is -0.393 e. The van der Waals surface area contributed by atoms with Crippen LogP contribution in [-0.2, 0) is 0 Å². The van der Waals surface area contributed by atoms with Crippen LogP contribution in [0.1, 0.15) is 44.3 Å². The average molecular weight is 441 g/mol. The zero-order chi connectivity index (χ0) is 22.8. The standard InChI is InChI=1S/C17H23B3F5N5O/c18-16(19)2-1-9(10(21)17(16,20)31)11-28-12(26-7-3-14(22,23)4-7)30-13(29-11)27-8-5-15(24,25)6-8/h7-8,31H,1-6,18-20H2,(H2,26,27,28,29,30)/t17-/m1/s1. The van der Waals surface area contributed by atoms with Gasteiger partial charge in [0.2, 0.25) is 11.9 Å². The molecule has 1 aromatic heterocycles. The Morgan fingerprint density at radius 2 is 1.29 bits per heavy atom. The summed E-state index contributed by atoms with van der Waals surface area (Å²) in [6, 6.07) is -1.11. The number of aliphatic hydroxyl groups is 1. The number of rotatable bonds is 5. The second kappa shape index (κ2) is 7.08. The van der Waals surface area contributed by atoms with Gasteiger partial charge >= 0.3 is 0 Å². The van der Waals surface area contributed by atoms with Crippen LogP contribution in [0.5, 0.6) is 0 Å². The van der Waals surface area contributed by atoms with E-state index in [1.807, 2.05) is 0 Å². The van der Waals surface area contributed by atoms with Gasteiger partial charge < -0.3 is 15.7 Å². The molecule has 3 aliphatic rings. The molecule has 0 spiro atoms. The van der Waals surface area contributed by atoms with E-state index >= 15 is 4.39 Å². The lowest BCUT2D eigenvalue weighted by molar-refractivity contribution is -0.0799. The Labute approximate surface area is 179 Å². The van der Waals surface area contributed by atoms with Crippen LogP contribution in [0.15, 0.2) is 5.83 Å². The molecule has 3 aliphatic carbocycles. The molecule has 0 aromatic carbocycles. The molecular weight excluding hydrogens is 418 g/mol. The minimum absolute atomic E-state index is 0.0381. The zero-order valence-electron chi connectivity index (χ0n) is 17.6. The van der Waals surface area contributed by atoms with E-state index in [1.54, 1.807) is 15.7 Å². The zero-order valence-corrected chi connectivity index (χ0v) is 17.6. The molecule has 2 saturated carbocycles. The third-order valence-corrected chi connectivity index (χ3v) is 6.76. The van der Waals surface area contributed by atoms with Crippen molar-refractivity contribution >= 4 is 41.0 Å². The Kier molecular flexibility index (Phi) is 5.10. The molecule has 31 heavy (non-hydrogen) atoms. The molecule has 0 unspecified atom stereocenters. The van der Waals surface area contributed by atoms with E-state index in [0.717, 1.165) is 0 Å². The molecule has 2 fully saturated rings. The summed E-state index contributed by atoms with van der Waals surface area (Å²) in [5.41, 5.74) is -1.66. The van der Waals surface area contributed by atoms with Gasteiger partial charge in [-0.05, 0) is 6.42 Å². The van der Waals surface area contributed by atoms with Gasteiger partial charge in [0.25, 0.3) is 11.8 Å². The Bertz CT molecular complexity index is 869. The van der Waals surface area contributed by atoms with Gasteiger partial charge in [0.05, 0.1) is 5.50 Å². The van der Waals surface area contributed by atoms with Gasteiger partial charge in [0.15, 0.2) is 13.7 Å². The lowest BCUT2D eigenvalue weighted by Gasteiger charge is -2.44. The number of hydrogen-bond acceptors (Lipinski definition) is 6. The largest absolute Gasteiger partial charge is 0.393 e. The average Bonchev–Trinajstić information content (AvgIpc) is 2.57. The lowest BCUT2D eigenvalue weighted by atomic mass is 9.37.